The molecule has 3 aromatic rings. The van der Waals surface area contributed by atoms with Crippen molar-refractivity contribution in [2.24, 2.45) is 0 Å². The van der Waals surface area contributed by atoms with Crippen LogP contribution in [0.15, 0.2) is 53.1 Å². The van der Waals surface area contributed by atoms with Crippen LogP contribution in [0.3, 0.4) is 0 Å². The first kappa shape index (κ1) is 23.8. The van der Waals surface area contributed by atoms with Crippen molar-refractivity contribution in [3.63, 3.8) is 0 Å². The number of amides is 1. The van der Waals surface area contributed by atoms with E-state index < -0.39 is 0 Å². The number of carbonyl (C=O) groups excluding carboxylic acids is 1. The molecule has 1 amide bonds. The van der Waals surface area contributed by atoms with Crippen LogP contribution >= 0.6 is 0 Å². The first-order valence-electron chi connectivity index (χ1n) is 11.4. The summed E-state index contributed by atoms with van der Waals surface area (Å²) in [5.41, 5.74) is 3.46. The summed E-state index contributed by atoms with van der Waals surface area (Å²) < 4.78 is 22.4. The molecule has 1 aliphatic rings. The van der Waals surface area contributed by atoms with Gasteiger partial charge in [0.2, 0.25) is 0 Å². The third kappa shape index (κ3) is 5.95. The number of carbonyl (C=O) groups is 1. The number of methoxy groups -OCH3 is 1. The van der Waals surface area contributed by atoms with Gasteiger partial charge in [-0.3, -0.25) is 9.69 Å². The van der Waals surface area contributed by atoms with Gasteiger partial charge in [0.05, 0.1) is 31.1 Å². The first-order valence-corrected chi connectivity index (χ1v) is 11.4. The minimum Gasteiger partial charge on any atom is -0.493 e. The molecule has 8 heteroatoms. The van der Waals surface area contributed by atoms with Crippen LogP contribution in [0, 0.1) is 13.8 Å². The van der Waals surface area contributed by atoms with E-state index in [1.807, 2.05) is 19.9 Å². The summed E-state index contributed by atoms with van der Waals surface area (Å²) in [6, 6.07) is 15.5. The van der Waals surface area contributed by atoms with Crippen LogP contribution in [-0.2, 0) is 17.9 Å². The lowest BCUT2D eigenvalue weighted by atomic mass is 10.1. The quantitative estimate of drug-likeness (QED) is 0.518. The summed E-state index contributed by atoms with van der Waals surface area (Å²) >= 11 is 0. The third-order valence-electron chi connectivity index (χ3n) is 5.94. The van der Waals surface area contributed by atoms with Gasteiger partial charge in [-0.15, -0.1) is 0 Å². The van der Waals surface area contributed by atoms with Gasteiger partial charge < -0.3 is 24.1 Å². The summed E-state index contributed by atoms with van der Waals surface area (Å²) in [5, 5.41) is 6.93. The summed E-state index contributed by atoms with van der Waals surface area (Å²) in [6.07, 6.45) is -0.0547. The lowest BCUT2D eigenvalue weighted by molar-refractivity contribution is -0.0292. The van der Waals surface area contributed by atoms with Gasteiger partial charge in [-0.1, -0.05) is 35.5 Å². The Labute approximate surface area is 199 Å². The maximum absolute atomic E-state index is 12.8. The van der Waals surface area contributed by atoms with E-state index in [9.17, 15) is 4.79 Å². The fourth-order valence-corrected chi connectivity index (χ4v) is 3.98. The second-order valence-corrected chi connectivity index (χ2v) is 8.38. The summed E-state index contributed by atoms with van der Waals surface area (Å²) in [4.78, 5) is 15.1. The predicted octanol–water partition coefficient (Wildman–Crippen LogP) is 3.51. The largest absolute Gasteiger partial charge is 0.493 e. The van der Waals surface area contributed by atoms with Gasteiger partial charge in [0.15, 0.2) is 11.5 Å². The van der Waals surface area contributed by atoms with E-state index in [-0.39, 0.29) is 12.0 Å². The van der Waals surface area contributed by atoms with Gasteiger partial charge in [-0.25, -0.2) is 0 Å². The molecule has 1 fully saturated rings. The minimum atomic E-state index is -0.181. The maximum Gasteiger partial charge on any atom is 0.251 e. The van der Waals surface area contributed by atoms with Crippen molar-refractivity contribution in [1.29, 1.82) is 0 Å². The molecule has 0 unspecified atom stereocenters. The van der Waals surface area contributed by atoms with Crippen LogP contribution in [0.25, 0.3) is 0 Å². The van der Waals surface area contributed by atoms with Crippen molar-refractivity contribution in [2.45, 2.75) is 33.1 Å². The van der Waals surface area contributed by atoms with E-state index in [0.29, 0.717) is 36.8 Å². The van der Waals surface area contributed by atoms with Crippen molar-refractivity contribution >= 4 is 5.91 Å². The van der Waals surface area contributed by atoms with Crippen molar-refractivity contribution in [3.8, 4) is 11.5 Å². The number of nitrogens with one attached hydrogen (secondary N) is 1. The molecule has 2 aromatic carbocycles. The summed E-state index contributed by atoms with van der Waals surface area (Å²) in [6.45, 7) is 7.65. The Hall–Kier alpha value is -3.36. The van der Waals surface area contributed by atoms with Crippen LogP contribution in [-0.4, -0.2) is 55.4 Å². The number of aryl methyl sites for hydroxylation is 2. The molecule has 0 aliphatic carbocycles. The smallest absolute Gasteiger partial charge is 0.251 e. The van der Waals surface area contributed by atoms with Crippen molar-refractivity contribution < 1.29 is 23.5 Å². The molecule has 0 spiro atoms. The van der Waals surface area contributed by atoms with Crippen LogP contribution in [0.1, 0.15) is 32.9 Å². The van der Waals surface area contributed by atoms with Crippen LogP contribution in [0.4, 0.5) is 0 Å². The molecule has 1 N–H and O–H groups in total. The molecule has 8 nitrogen and oxygen atoms in total. The lowest BCUT2D eigenvalue weighted by Crippen LogP contribution is -2.47. The maximum atomic E-state index is 12.8. The summed E-state index contributed by atoms with van der Waals surface area (Å²) in [5.74, 6) is 1.58. The zero-order valence-electron chi connectivity index (χ0n) is 19.9. The van der Waals surface area contributed by atoms with E-state index in [4.69, 9.17) is 18.7 Å². The van der Waals surface area contributed by atoms with Gasteiger partial charge in [-0.2, -0.15) is 0 Å². The molecule has 1 atom stereocenters. The minimum absolute atomic E-state index is 0.0547. The molecule has 180 valence electrons. The Morgan fingerprint density at radius 2 is 2.00 bits per heavy atom. The van der Waals surface area contributed by atoms with Gasteiger partial charge in [0.25, 0.3) is 5.91 Å². The summed E-state index contributed by atoms with van der Waals surface area (Å²) in [7, 11) is 1.55. The molecule has 1 aromatic heterocycles. The molecule has 4 rings (SSSR count). The molecule has 1 saturated heterocycles. The van der Waals surface area contributed by atoms with E-state index in [2.05, 4.69) is 39.6 Å². The molecule has 0 saturated carbocycles. The Bertz CT molecular complexity index is 1080. The number of hydrogen-bond donors (Lipinski definition) is 1. The molecule has 0 bridgehead atoms. The molecule has 1 aliphatic heterocycles. The highest BCUT2D eigenvalue weighted by molar-refractivity contribution is 5.94. The zero-order valence-corrected chi connectivity index (χ0v) is 19.9. The first-order chi connectivity index (χ1) is 16.5. The van der Waals surface area contributed by atoms with E-state index in [1.54, 1.807) is 25.3 Å². The van der Waals surface area contributed by atoms with Gasteiger partial charge in [0.1, 0.15) is 12.4 Å². The number of nitrogens with zero attached hydrogens (tertiary/aromatic N) is 2. The van der Waals surface area contributed by atoms with Crippen molar-refractivity contribution in [1.82, 2.24) is 15.4 Å². The Morgan fingerprint density at radius 3 is 2.74 bits per heavy atom. The number of hydrogen-bond acceptors (Lipinski definition) is 7. The Balaban J connectivity index is 1.31. The molecule has 0 radical (unpaired) electrons. The molecular formula is C26H31N3O5. The Morgan fingerprint density at radius 1 is 1.18 bits per heavy atom. The number of aromatic nitrogens is 1. The topological polar surface area (TPSA) is 86.1 Å². The third-order valence-corrected chi connectivity index (χ3v) is 5.94. The second kappa shape index (κ2) is 11.2. The van der Waals surface area contributed by atoms with Crippen molar-refractivity contribution in [3.05, 3.63) is 76.7 Å². The van der Waals surface area contributed by atoms with Crippen LogP contribution in [0.5, 0.6) is 11.5 Å². The standard InChI is InChI=1S/C26H31N3O5/c1-18-23(19(2)34-28-18)17-33-24-10-9-21(13-25(24)31-3)26(30)27-14-22-16-29(11-12-32-22)15-20-7-5-4-6-8-20/h4-10,13,22H,11-12,14-17H2,1-3H3,(H,27,30)/t22-/m0/s1. The predicted molar refractivity (Wildman–Crippen MR) is 127 cm³/mol. The highest BCUT2D eigenvalue weighted by atomic mass is 16.5. The fraction of sp³-hybridized carbons (Fsp3) is 0.385. The highest BCUT2D eigenvalue weighted by Crippen LogP contribution is 2.29. The van der Waals surface area contributed by atoms with Crippen molar-refractivity contribution in [2.75, 3.05) is 33.4 Å². The normalized spacial score (nSPS) is 16.3. The Kier molecular flexibility index (Phi) is 7.82. The fourth-order valence-electron chi connectivity index (χ4n) is 3.98. The molecule has 2 heterocycles. The van der Waals surface area contributed by atoms with E-state index in [1.165, 1.54) is 5.56 Å². The second-order valence-electron chi connectivity index (χ2n) is 8.38. The van der Waals surface area contributed by atoms with Gasteiger partial charge >= 0.3 is 0 Å². The van der Waals surface area contributed by atoms with Crippen LogP contribution < -0.4 is 14.8 Å². The SMILES string of the molecule is COc1cc(C(=O)NC[C@H]2CN(Cc3ccccc3)CCO2)ccc1OCc1c(C)noc1C. The highest BCUT2D eigenvalue weighted by Gasteiger charge is 2.22. The number of ether oxygens (including phenoxy) is 3. The average Bonchev–Trinajstić information content (AvgIpc) is 3.18. The van der Waals surface area contributed by atoms with Gasteiger partial charge in [0, 0.05) is 31.7 Å². The molecular weight excluding hydrogens is 434 g/mol. The number of rotatable bonds is 9. The van der Waals surface area contributed by atoms with E-state index in [0.717, 1.165) is 36.7 Å². The number of benzene rings is 2. The van der Waals surface area contributed by atoms with E-state index >= 15 is 0 Å². The lowest BCUT2D eigenvalue weighted by Gasteiger charge is -2.33. The van der Waals surface area contributed by atoms with Crippen LogP contribution in [0.2, 0.25) is 0 Å². The molecule has 34 heavy (non-hydrogen) atoms. The van der Waals surface area contributed by atoms with Gasteiger partial charge in [-0.05, 0) is 37.6 Å². The monoisotopic (exact) mass is 465 g/mol. The zero-order chi connectivity index (χ0) is 23.9. The number of morpholine rings is 1. The average molecular weight is 466 g/mol.